The minimum Gasteiger partial charge on any atom is -0.304 e. The molecule has 0 fully saturated rings. The Labute approximate surface area is 217 Å². The Morgan fingerprint density at radius 3 is 1.95 bits per heavy atom. The molecule has 0 saturated heterocycles. The molecule has 196 valence electrons. The van der Waals surface area contributed by atoms with Gasteiger partial charge in [-0.2, -0.15) is 0 Å². The Hall–Kier alpha value is -3.94. The fourth-order valence-corrected chi connectivity index (χ4v) is 3.89. The van der Waals surface area contributed by atoms with Crippen molar-refractivity contribution in [3.63, 3.8) is 0 Å². The van der Waals surface area contributed by atoms with Crippen molar-refractivity contribution in [3.05, 3.63) is 66.5 Å². The van der Waals surface area contributed by atoms with Crippen LogP contribution >= 0.6 is 0 Å². The second-order valence-electron chi connectivity index (χ2n) is 7.90. The predicted octanol–water partition coefficient (Wildman–Crippen LogP) is 5.49. The van der Waals surface area contributed by atoms with Crippen LogP contribution in [0.4, 0.5) is 9.18 Å². The molecule has 2 amide bonds. The van der Waals surface area contributed by atoms with Crippen LogP contribution in [-0.4, -0.2) is 70.1 Å². The van der Waals surface area contributed by atoms with E-state index in [1.807, 2.05) is 0 Å². The molecular formula is C28H34FN5O3. The Morgan fingerprint density at radius 1 is 0.919 bits per heavy atom. The summed E-state index contributed by atoms with van der Waals surface area (Å²) < 4.78 is 14.7. The zero-order valence-electron chi connectivity index (χ0n) is 22.1. The lowest BCUT2D eigenvalue weighted by atomic mass is 9.97. The number of nitrogens with zero attached hydrogens (tertiary/aromatic N) is 5. The van der Waals surface area contributed by atoms with Gasteiger partial charge < -0.3 is 4.90 Å². The fourth-order valence-electron chi connectivity index (χ4n) is 3.89. The highest BCUT2D eigenvalue weighted by molar-refractivity contribution is 6.17. The van der Waals surface area contributed by atoms with E-state index in [4.69, 9.17) is 4.79 Å². The molecule has 37 heavy (non-hydrogen) atoms. The number of carbonyl (C=O) groups excluding carboxylic acids is 3. The lowest BCUT2D eigenvalue weighted by Crippen LogP contribution is -2.30. The molecule has 0 unspecified atom stereocenters. The zero-order valence-corrected chi connectivity index (χ0v) is 22.1. The maximum absolute atomic E-state index is 13.3. The average molecular weight is 508 g/mol. The summed E-state index contributed by atoms with van der Waals surface area (Å²) in [5.41, 5.74) is 3.21. The van der Waals surface area contributed by atoms with E-state index < -0.39 is 0 Å². The number of pyridine rings is 1. The first kappa shape index (κ1) is 29.3. The van der Waals surface area contributed by atoms with E-state index >= 15 is 0 Å². The molecule has 0 saturated carbocycles. The molecule has 0 N–H and O–H groups in total. The van der Waals surface area contributed by atoms with Gasteiger partial charge in [0.1, 0.15) is 11.5 Å². The van der Waals surface area contributed by atoms with Gasteiger partial charge in [-0.05, 0) is 68.9 Å². The normalized spacial score (nSPS) is 11.8. The molecule has 9 heteroatoms. The Bertz CT molecular complexity index is 1210. The Balaban J connectivity index is 0.000000337. The topological polar surface area (TPSA) is 87.9 Å². The van der Waals surface area contributed by atoms with Crippen molar-refractivity contribution in [2.75, 3.05) is 32.7 Å². The number of hydrogen-bond acceptors (Lipinski definition) is 6. The van der Waals surface area contributed by atoms with Gasteiger partial charge in [0.05, 0.1) is 0 Å². The smallest absolute Gasteiger partial charge is 0.304 e. The number of isocyanates is 1. The van der Waals surface area contributed by atoms with Gasteiger partial charge in [-0.15, -0.1) is 0 Å². The van der Waals surface area contributed by atoms with Crippen LogP contribution in [0.25, 0.3) is 22.3 Å². The van der Waals surface area contributed by atoms with Crippen LogP contribution in [0, 0.1) is 5.82 Å². The van der Waals surface area contributed by atoms with Crippen LogP contribution < -0.4 is 0 Å². The van der Waals surface area contributed by atoms with Gasteiger partial charge in [-0.3, -0.25) is 19.2 Å². The molecule has 0 radical (unpaired) electrons. The van der Waals surface area contributed by atoms with E-state index in [1.54, 1.807) is 56.7 Å². The van der Waals surface area contributed by atoms with E-state index in [1.165, 1.54) is 47.3 Å². The number of rotatable bonds is 7. The minimum absolute atomic E-state index is 0.307. The number of hydrogen-bond donors (Lipinski definition) is 0. The maximum Gasteiger partial charge on any atom is 0.335 e. The molecule has 0 bridgehead atoms. The van der Waals surface area contributed by atoms with Crippen LogP contribution in [0.5, 0.6) is 0 Å². The van der Waals surface area contributed by atoms with Crippen molar-refractivity contribution in [2.45, 2.75) is 34.6 Å². The van der Waals surface area contributed by atoms with Crippen molar-refractivity contribution in [1.29, 1.82) is 0 Å². The van der Waals surface area contributed by atoms with Gasteiger partial charge in [0.25, 0.3) is 5.91 Å². The third-order valence-electron chi connectivity index (χ3n) is 5.89. The van der Waals surface area contributed by atoms with Gasteiger partial charge in [-0.1, -0.05) is 32.9 Å². The van der Waals surface area contributed by atoms with E-state index in [0.717, 1.165) is 11.1 Å². The van der Waals surface area contributed by atoms with Crippen molar-refractivity contribution in [2.24, 2.45) is 4.99 Å². The van der Waals surface area contributed by atoms with Gasteiger partial charge in [0.15, 0.2) is 0 Å². The van der Waals surface area contributed by atoms with E-state index in [0.29, 0.717) is 29.9 Å². The molecule has 0 atom stereocenters. The zero-order chi connectivity index (χ0) is 27.4. The van der Waals surface area contributed by atoms with Crippen LogP contribution in [0.1, 0.15) is 45.1 Å². The number of aliphatic imine (C=N–C) groups is 1. The second kappa shape index (κ2) is 14.6. The first-order chi connectivity index (χ1) is 17.9. The quantitative estimate of drug-likeness (QED) is 0.312. The van der Waals surface area contributed by atoms with E-state index in [9.17, 15) is 14.0 Å². The van der Waals surface area contributed by atoms with Gasteiger partial charge in [0, 0.05) is 42.8 Å². The molecule has 0 aliphatic carbocycles. The van der Waals surface area contributed by atoms with Crippen molar-refractivity contribution >= 4 is 18.0 Å². The summed E-state index contributed by atoms with van der Waals surface area (Å²) in [5.74, 6) is -0.669. The Kier molecular flexibility index (Phi) is 11.5. The van der Waals surface area contributed by atoms with Crippen LogP contribution in [0.2, 0.25) is 0 Å². The molecule has 1 aliphatic heterocycles. The van der Waals surface area contributed by atoms with E-state index in [-0.39, 0.29) is 17.8 Å². The first-order valence-electron chi connectivity index (χ1n) is 12.4. The number of benzene rings is 1. The standard InChI is InChI=1S/C19H14FN3O2.C6H15N.C3H5NO/c1-2-22-18(24)17-16(13-7-9-21-10-8-13)15(11-23(17)19(22)25)12-3-5-14(20)6-4-12;1-4-7(5-2)6-3;1-2-4-3-5/h3-11H,2H2,1H3;4-6H2,1-3H3;2H2,1H3. The Morgan fingerprint density at radius 2 is 1.51 bits per heavy atom. The third-order valence-corrected chi connectivity index (χ3v) is 5.89. The number of imide groups is 1. The average Bonchev–Trinajstić information content (AvgIpc) is 3.42. The molecule has 1 aliphatic rings. The molecule has 0 spiro atoms. The summed E-state index contributed by atoms with van der Waals surface area (Å²) in [7, 11) is 0. The number of fused-ring (bicyclic) bond motifs is 1. The van der Waals surface area contributed by atoms with Crippen molar-refractivity contribution < 1.29 is 18.8 Å². The van der Waals surface area contributed by atoms with Gasteiger partial charge in [-0.25, -0.2) is 19.0 Å². The third kappa shape index (κ3) is 7.06. The fraction of sp³-hybridized carbons (Fsp3) is 0.357. The summed E-state index contributed by atoms with van der Waals surface area (Å²) >= 11 is 0. The van der Waals surface area contributed by atoms with Crippen LogP contribution in [0.15, 0.2) is 60.0 Å². The highest BCUT2D eigenvalue weighted by Crippen LogP contribution is 2.39. The molecule has 1 aromatic carbocycles. The second-order valence-corrected chi connectivity index (χ2v) is 7.90. The molecule has 4 rings (SSSR count). The molecule has 3 heterocycles. The predicted molar refractivity (Wildman–Crippen MR) is 143 cm³/mol. The summed E-state index contributed by atoms with van der Waals surface area (Å²) in [6.07, 6.45) is 6.30. The van der Waals surface area contributed by atoms with E-state index in [2.05, 4.69) is 35.6 Å². The molecule has 3 aromatic rings. The lowest BCUT2D eigenvalue weighted by molar-refractivity contribution is 0.0839. The highest BCUT2D eigenvalue weighted by atomic mass is 19.1. The van der Waals surface area contributed by atoms with Gasteiger partial charge >= 0.3 is 6.03 Å². The van der Waals surface area contributed by atoms with Crippen molar-refractivity contribution in [3.8, 4) is 22.3 Å². The molecule has 8 nitrogen and oxygen atoms in total. The minimum atomic E-state index is -0.369. The number of amides is 2. The van der Waals surface area contributed by atoms with Crippen LogP contribution in [0.3, 0.4) is 0 Å². The number of halogens is 1. The summed E-state index contributed by atoms with van der Waals surface area (Å²) in [6.45, 7) is 14.5. The largest absolute Gasteiger partial charge is 0.335 e. The first-order valence-corrected chi connectivity index (χ1v) is 12.4. The summed E-state index contributed by atoms with van der Waals surface area (Å²) in [5, 5.41) is 0. The highest BCUT2D eigenvalue weighted by Gasteiger charge is 2.38. The molecular weight excluding hydrogens is 473 g/mol. The van der Waals surface area contributed by atoms with Gasteiger partial charge in [0.2, 0.25) is 6.08 Å². The molecule has 2 aromatic heterocycles. The van der Waals surface area contributed by atoms with Crippen LogP contribution in [-0.2, 0) is 4.79 Å². The lowest BCUT2D eigenvalue weighted by Gasteiger charge is -2.13. The summed E-state index contributed by atoms with van der Waals surface area (Å²) in [4.78, 5) is 45.1. The number of aromatic nitrogens is 2. The number of carbonyl (C=O) groups is 2. The monoisotopic (exact) mass is 507 g/mol. The SMILES string of the molecule is CCN(CC)CC.CCN1C(=O)c2c(-c3ccncc3)c(-c3ccc(F)cc3)cn2C1=O.CCN=C=O. The van der Waals surface area contributed by atoms with Crippen molar-refractivity contribution in [1.82, 2.24) is 19.4 Å². The maximum atomic E-state index is 13.3. The summed E-state index contributed by atoms with van der Waals surface area (Å²) in [6, 6.07) is 9.19.